The van der Waals surface area contributed by atoms with Crippen molar-refractivity contribution in [3.05, 3.63) is 12.3 Å². The molecule has 0 aliphatic carbocycles. The van der Waals surface area contributed by atoms with Gasteiger partial charge in [0.1, 0.15) is 11.5 Å². The highest BCUT2D eigenvalue weighted by Crippen LogP contribution is 2.42. The maximum atomic E-state index is 9.35. The fourth-order valence-corrected chi connectivity index (χ4v) is 7.01. The van der Waals surface area contributed by atoms with E-state index >= 15 is 0 Å². The quantitative estimate of drug-likeness (QED) is 0.551. The first-order valence-corrected chi connectivity index (χ1v) is 9.56. The van der Waals surface area contributed by atoms with Crippen molar-refractivity contribution >= 4 is 8.56 Å². The number of hydrogen-bond acceptors (Lipinski definition) is 3. The van der Waals surface area contributed by atoms with Crippen molar-refractivity contribution in [3.63, 3.8) is 0 Å². The van der Waals surface area contributed by atoms with Gasteiger partial charge in [-0.3, -0.25) is 5.11 Å². The first-order valence-electron chi connectivity index (χ1n) is 7.54. The minimum absolute atomic E-state index is 0.122. The summed E-state index contributed by atoms with van der Waals surface area (Å²) < 4.78 is 17.4. The Balaban J connectivity index is 0.000000621. The molecule has 1 heterocycles. The van der Waals surface area contributed by atoms with E-state index < -0.39 is 8.56 Å². The number of ether oxygens (including phenoxy) is 1. The van der Waals surface area contributed by atoms with Gasteiger partial charge in [-0.25, -0.2) is 0 Å². The van der Waals surface area contributed by atoms with Gasteiger partial charge in [-0.15, -0.1) is 0 Å². The standard InChI is InChI=1S/C11H24O3Si.C4H7O/c1-5-8-11(12-2)9-6-7-10-15(11,13-3)14-4;1-2-3-4-5/h5-10H2,1-4H3;3-4H,2H2,1H3. The summed E-state index contributed by atoms with van der Waals surface area (Å²) in [6.45, 7) is 4.12. The van der Waals surface area contributed by atoms with Gasteiger partial charge >= 0.3 is 8.56 Å². The first-order chi connectivity index (χ1) is 9.61. The van der Waals surface area contributed by atoms with Crippen LogP contribution in [0.4, 0.5) is 0 Å². The third-order valence-corrected chi connectivity index (χ3v) is 8.49. The molecule has 0 aromatic carbocycles. The Bertz CT molecular complexity index is 263. The van der Waals surface area contributed by atoms with E-state index in [1.165, 1.54) is 12.8 Å². The van der Waals surface area contributed by atoms with Gasteiger partial charge in [0.05, 0.1) is 0 Å². The van der Waals surface area contributed by atoms with Crippen LogP contribution in [0.5, 0.6) is 0 Å². The molecule has 0 N–H and O–H groups in total. The summed E-state index contributed by atoms with van der Waals surface area (Å²) in [6.07, 6.45) is 8.93. The first kappa shape index (κ1) is 19.6. The highest BCUT2D eigenvalue weighted by Gasteiger charge is 2.58. The highest BCUT2D eigenvalue weighted by atomic mass is 28.4. The normalized spacial score (nSPS) is 25.2. The van der Waals surface area contributed by atoms with Crippen LogP contribution in [0.2, 0.25) is 6.04 Å². The Morgan fingerprint density at radius 3 is 2.15 bits per heavy atom. The molecule has 20 heavy (non-hydrogen) atoms. The molecule has 0 saturated carbocycles. The zero-order valence-corrected chi connectivity index (χ0v) is 14.7. The topological polar surface area (TPSA) is 47.6 Å². The third kappa shape index (κ3) is 4.58. The number of rotatable bonds is 6. The second-order valence-corrected chi connectivity index (χ2v) is 8.83. The van der Waals surface area contributed by atoms with Crippen LogP contribution in [0, 0.1) is 0 Å². The van der Waals surface area contributed by atoms with Gasteiger partial charge in [0, 0.05) is 21.3 Å². The van der Waals surface area contributed by atoms with Gasteiger partial charge in [0.15, 0.2) is 0 Å². The lowest BCUT2D eigenvalue weighted by Crippen LogP contribution is -2.64. The van der Waals surface area contributed by atoms with Crippen LogP contribution < -0.4 is 0 Å². The third-order valence-electron chi connectivity index (χ3n) is 4.07. The van der Waals surface area contributed by atoms with Crippen molar-refractivity contribution in [2.24, 2.45) is 0 Å². The Kier molecular flexibility index (Phi) is 10.2. The summed E-state index contributed by atoms with van der Waals surface area (Å²) in [5.74, 6) is 0. The lowest BCUT2D eigenvalue weighted by Gasteiger charge is -2.47. The van der Waals surface area contributed by atoms with Crippen molar-refractivity contribution in [2.75, 3.05) is 21.3 Å². The monoisotopic (exact) mass is 303 g/mol. The molecule has 1 radical (unpaired) electrons. The summed E-state index contributed by atoms with van der Waals surface area (Å²) in [6, 6.07) is 1.06. The molecule has 0 aromatic heterocycles. The summed E-state index contributed by atoms with van der Waals surface area (Å²) in [5.41, 5.74) is 0. The Hall–Kier alpha value is -0.363. The summed E-state index contributed by atoms with van der Waals surface area (Å²) in [7, 11) is 3.22. The SMILES string of the molecule is CCC=C[O].CCCC1(OC)CCCC[Si]1(OC)OC. The molecule has 0 amide bonds. The molecular formula is C15H31O4Si. The number of hydrogen-bond donors (Lipinski definition) is 0. The largest absolute Gasteiger partial charge is 0.396 e. The van der Waals surface area contributed by atoms with Gasteiger partial charge in [-0.1, -0.05) is 33.1 Å². The Morgan fingerprint density at radius 1 is 1.15 bits per heavy atom. The van der Waals surface area contributed by atoms with Crippen LogP contribution in [0.3, 0.4) is 0 Å². The van der Waals surface area contributed by atoms with E-state index in [-0.39, 0.29) is 5.22 Å². The van der Waals surface area contributed by atoms with Crippen molar-refractivity contribution in [2.45, 2.75) is 63.6 Å². The molecule has 0 spiro atoms. The summed E-state index contributed by atoms with van der Waals surface area (Å²) in [5, 5.41) is 9.23. The molecule has 1 rings (SSSR count). The summed E-state index contributed by atoms with van der Waals surface area (Å²) in [4.78, 5) is 0. The lowest BCUT2D eigenvalue weighted by molar-refractivity contribution is -0.0149. The fourth-order valence-electron chi connectivity index (χ4n) is 3.02. The van der Waals surface area contributed by atoms with Crippen molar-refractivity contribution < 1.29 is 18.7 Å². The molecule has 1 aliphatic rings. The average Bonchev–Trinajstić information content (AvgIpc) is 2.49. The van der Waals surface area contributed by atoms with Gasteiger partial charge in [0.25, 0.3) is 0 Å². The van der Waals surface area contributed by atoms with E-state index in [0.717, 1.165) is 38.0 Å². The van der Waals surface area contributed by atoms with Crippen LogP contribution in [-0.4, -0.2) is 35.1 Å². The van der Waals surface area contributed by atoms with E-state index in [1.54, 1.807) is 27.4 Å². The Morgan fingerprint density at radius 2 is 1.80 bits per heavy atom. The van der Waals surface area contributed by atoms with E-state index in [1.807, 2.05) is 6.92 Å². The molecule has 1 fully saturated rings. The maximum Gasteiger partial charge on any atom is 0.370 e. The van der Waals surface area contributed by atoms with Crippen LogP contribution >= 0.6 is 0 Å². The van der Waals surface area contributed by atoms with Crippen LogP contribution in [0.25, 0.3) is 0 Å². The van der Waals surface area contributed by atoms with E-state index in [4.69, 9.17) is 13.6 Å². The second kappa shape index (κ2) is 10.4. The van der Waals surface area contributed by atoms with Gasteiger partial charge < -0.3 is 13.6 Å². The zero-order chi connectivity index (χ0) is 15.5. The molecule has 1 atom stereocenters. The molecule has 0 bridgehead atoms. The molecule has 1 aliphatic heterocycles. The minimum Gasteiger partial charge on any atom is -0.396 e. The van der Waals surface area contributed by atoms with Gasteiger partial charge in [-0.2, -0.15) is 0 Å². The van der Waals surface area contributed by atoms with Crippen molar-refractivity contribution in [3.8, 4) is 0 Å². The molecule has 0 aromatic rings. The zero-order valence-electron chi connectivity index (χ0n) is 13.7. The number of methoxy groups -OCH3 is 1. The molecule has 119 valence electrons. The molecular weight excluding hydrogens is 272 g/mol. The van der Waals surface area contributed by atoms with Gasteiger partial charge in [0.2, 0.25) is 0 Å². The Labute approximate surface area is 125 Å². The molecule has 1 unspecified atom stereocenters. The average molecular weight is 303 g/mol. The minimum atomic E-state index is -2.15. The number of allylic oxidation sites excluding steroid dienone is 1. The lowest BCUT2D eigenvalue weighted by atomic mass is 10.1. The fraction of sp³-hybridized carbons (Fsp3) is 0.867. The maximum absolute atomic E-state index is 9.35. The predicted octanol–water partition coefficient (Wildman–Crippen LogP) is 3.97. The van der Waals surface area contributed by atoms with Crippen molar-refractivity contribution in [1.29, 1.82) is 0 Å². The molecule has 4 nitrogen and oxygen atoms in total. The van der Waals surface area contributed by atoms with Crippen LogP contribution in [-0.2, 0) is 18.7 Å². The highest BCUT2D eigenvalue weighted by molar-refractivity contribution is 6.70. The van der Waals surface area contributed by atoms with Gasteiger partial charge in [-0.05, 0) is 31.4 Å². The van der Waals surface area contributed by atoms with E-state index in [0.29, 0.717) is 0 Å². The molecule has 5 heteroatoms. The predicted molar refractivity (Wildman–Crippen MR) is 83.2 cm³/mol. The van der Waals surface area contributed by atoms with Crippen LogP contribution in [0.1, 0.15) is 52.4 Å². The van der Waals surface area contributed by atoms with Crippen molar-refractivity contribution in [1.82, 2.24) is 0 Å². The smallest absolute Gasteiger partial charge is 0.370 e. The van der Waals surface area contributed by atoms with E-state index in [9.17, 15) is 5.11 Å². The second-order valence-electron chi connectivity index (χ2n) is 5.10. The molecule has 1 saturated heterocycles. The van der Waals surface area contributed by atoms with E-state index in [2.05, 4.69) is 6.92 Å². The van der Waals surface area contributed by atoms with Crippen LogP contribution in [0.15, 0.2) is 12.3 Å². The summed E-state index contributed by atoms with van der Waals surface area (Å²) >= 11 is 0.